The summed E-state index contributed by atoms with van der Waals surface area (Å²) in [5, 5.41) is 9.26. The fourth-order valence-electron chi connectivity index (χ4n) is 2.35. The molecule has 1 aliphatic rings. The predicted molar refractivity (Wildman–Crippen MR) is 51.8 cm³/mol. The largest absolute Gasteiger partial charge is 0.479 e. The van der Waals surface area contributed by atoms with E-state index in [1.54, 1.807) is 0 Å². The maximum absolute atomic E-state index is 11.3. The van der Waals surface area contributed by atoms with Crippen molar-refractivity contribution in [3.05, 3.63) is 0 Å². The third-order valence-corrected chi connectivity index (χ3v) is 3.13. The van der Waals surface area contributed by atoms with E-state index in [1.165, 1.54) is 11.8 Å². The molecule has 4 nitrogen and oxygen atoms in total. The van der Waals surface area contributed by atoms with Crippen molar-refractivity contribution >= 4 is 11.9 Å². The molecular weight excluding hydrogens is 182 g/mol. The summed E-state index contributed by atoms with van der Waals surface area (Å²) in [7, 11) is 0. The molecule has 0 aromatic heterocycles. The molecule has 1 heterocycles. The van der Waals surface area contributed by atoms with Gasteiger partial charge in [0.15, 0.2) is 0 Å². The normalized spacial score (nSPS) is 27.0. The van der Waals surface area contributed by atoms with Crippen LogP contribution < -0.4 is 0 Å². The summed E-state index contributed by atoms with van der Waals surface area (Å²) in [6.45, 7) is 5.72. The Labute approximate surface area is 83.9 Å². The van der Waals surface area contributed by atoms with Gasteiger partial charge in [0.25, 0.3) is 0 Å². The Morgan fingerprint density at radius 1 is 1.43 bits per heavy atom. The van der Waals surface area contributed by atoms with Gasteiger partial charge in [0.05, 0.1) is 0 Å². The summed E-state index contributed by atoms with van der Waals surface area (Å²) < 4.78 is 0. The zero-order valence-electron chi connectivity index (χ0n) is 8.91. The number of amides is 1. The first-order valence-electron chi connectivity index (χ1n) is 4.94. The van der Waals surface area contributed by atoms with Gasteiger partial charge >= 0.3 is 5.97 Å². The van der Waals surface area contributed by atoms with Crippen LogP contribution in [0.4, 0.5) is 0 Å². The van der Waals surface area contributed by atoms with Crippen molar-refractivity contribution < 1.29 is 14.7 Å². The molecule has 0 aromatic rings. The van der Waals surface area contributed by atoms with Crippen LogP contribution in [0.15, 0.2) is 0 Å². The average molecular weight is 199 g/mol. The summed E-state index contributed by atoms with van der Waals surface area (Å²) in [5.41, 5.74) is -0.966. The smallest absolute Gasteiger partial charge is 0.329 e. The third kappa shape index (κ3) is 1.38. The topological polar surface area (TPSA) is 57.6 Å². The number of hydrogen-bond acceptors (Lipinski definition) is 2. The van der Waals surface area contributed by atoms with Gasteiger partial charge in [-0.2, -0.15) is 0 Å². The van der Waals surface area contributed by atoms with Gasteiger partial charge in [-0.25, -0.2) is 4.79 Å². The Morgan fingerprint density at radius 3 is 2.29 bits per heavy atom. The highest BCUT2D eigenvalue weighted by molar-refractivity contribution is 5.87. The number of nitrogens with zero attached hydrogens (tertiary/aromatic N) is 1. The Kier molecular flexibility index (Phi) is 2.83. The molecule has 0 aromatic carbocycles. The van der Waals surface area contributed by atoms with Gasteiger partial charge in [0.2, 0.25) is 5.91 Å². The molecule has 1 amide bonds. The highest BCUT2D eigenvalue weighted by Gasteiger charge is 2.51. The molecule has 1 saturated heterocycles. The van der Waals surface area contributed by atoms with Crippen LogP contribution in [0.25, 0.3) is 0 Å². The SMILES string of the molecule is CC(=O)N1CCC[C@@]1(C(=O)O)C(C)C. The molecule has 0 spiro atoms. The van der Waals surface area contributed by atoms with Crippen LogP contribution in [-0.2, 0) is 9.59 Å². The zero-order chi connectivity index (χ0) is 10.9. The first-order chi connectivity index (χ1) is 6.43. The molecule has 1 atom stereocenters. The van der Waals surface area contributed by atoms with Gasteiger partial charge in [0.1, 0.15) is 5.54 Å². The fraction of sp³-hybridized carbons (Fsp3) is 0.800. The summed E-state index contributed by atoms with van der Waals surface area (Å²) >= 11 is 0. The summed E-state index contributed by atoms with van der Waals surface area (Å²) in [5.74, 6) is -1.06. The number of carboxylic acids is 1. The molecule has 0 bridgehead atoms. The Balaban J connectivity index is 3.08. The lowest BCUT2D eigenvalue weighted by atomic mass is 9.84. The molecule has 0 saturated carbocycles. The van der Waals surface area contributed by atoms with E-state index in [4.69, 9.17) is 0 Å². The Hall–Kier alpha value is -1.06. The van der Waals surface area contributed by atoms with Crippen molar-refractivity contribution in [1.82, 2.24) is 4.90 Å². The Bertz CT molecular complexity index is 262. The minimum atomic E-state index is -0.966. The molecule has 80 valence electrons. The highest BCUT2D eigenvalue weighted by Crippen LogP contribution is 2.36. The van der Waals surface area contributed by atoms with E-state index < -0.39 is 11.5 Å². The minimum Gasteiger partial charge on any atom is -0.479 e. The van der Waals surface area contributed by atoms with Crippen molar-refractivity contribution in [1.29, 1.82) is 0 Å². The lowest BCUT2D eigenvalue weighted by Gasteiger charge is -2.37. The predicted octanol–water partition coefficient (Wildman–Crippen LogP) is 1.11. The van der Waals surface area contributed by atoms with E-state index in [2.05, 4.69) is 0 Å². The van der Waals surface area contributed by atoms with Gasteiger partial charge < -0.3 is 10.0 Å². The molecule has 0 radical (unpaired) electrons. The van der Waals surface area contributed by atoms with Crippen LogP contribution in [-0.4, -0.2) is 34.0 Å². The fourth-order valence-corrected chi connectivity index (χ4v) is 2.35. The molecular formula is C10H17NO3. The molecule has 0 aliphatic carbocycles. The molecule has 1 fully saturated rings. The number of likely N-dealkylation sites (tertiary alicyclic amines) is 1. The van der Waals surface area contributed by atoms with Gasteiger partial charge in [-0.3, -0.25) is 4.79 Å². The van der Waals surface area contributed by atoms with Crippen molar-refractivity contribution in [2.24, 2.45) is 5.92 Å². The number of hydrogen-bond donors (Lipinski definition) is 1. The van der Waals surface area contributed by atoms with Crippen LogP contribution in [0.2, 0.25) is 0 Å². The number of carbonyl (C=O) groups is 2. The van der Waals surface area contributed by atoms with Gasteiger partial charge in [-0.1, -0.05) is 13.8 Å². The molecule has 1 N–H and O–H groups in total. The Morgan fingerprint density at radius 2 is 2.00 bits per heavy atom. The quantitative estimate of drug-likeness (QED) is 0.724. The average Bonchev–Trinajstić information content (AvgIpc) is 2.47. The van der Waals surface area contributed by atoms with Gasteiger partial charge in [-0.15, -0.1) is 0 Å². The third-order valence-electron chi connectivity index (χ3n) is 3.13. The van der Waals surface area contributed by atoms with Crippen LogP contribution in [0.1, 0.15) is 33.6 Å². The molecule has 4 heteroatoms. The van der Waals surface area contributed by atoms with Crippen LogP contribution in [0.3, 0.4) is 0 Å². The van der Waals surface area contributed by atoms with Crippen molar-refractivity contribution in [2.45, 2.75) is 39.2 Å². The van der Waals surface area contributed by atoms with Crippen molar-refractivity contribution in [3.63, 3.8) is 0 Å². The van der Waals surface area contributed by atoms with E-state index in [-0.39, 0.29) is 11.8 Å². The zero-order valence-corrected chi connectivity index (χ0v) is 8.91. The summed E-state index contributed by atoms with van der Waals surface area (Å²) in [6.07, 6.45) is 1.35. The molecule has 1 aliphatic heterocycles. The van der Waals surface area contributed by atoms with Gasteiger partial charge in [-0.05, 0) is 18.8 Å². The van der Waals surface area contributed by atoms with Crippen molar-refractivity contribution in [2.75, 3.05) is 6.54 Å². The number of rotatable bonds is 2. The highest BCUT2D eigenvalue weighted by atomic mass is 16.4. The number of carbonyl (C=O) groups excluding carboxylic acids is 1. The summed E-state index contributed by atoms with van der Waals surface area (Å²) in [4.78, 5) is 24.1. The first-order valence-corrected chi connectivity index (χ1v) is 4.94. The van der Waals surface area contributed by atoms with Gasteiger partial charge in [0, 0.05) is 13.5 Å². The van der Waals surface area contributed by atoms with Crippen LogP contribution in [0, 0.1) is 5.92 Å². The van der Waals surface area contributed by atoms with E-state index in [9.17, 15) is 14.7 Å². The van der Waals surface area contributed by atoms with E-state index in [0.29, 0.717) is 13.0 Å². The maximum Gasteiger partial charge on any atom is 0.329 e. The standard InChI is InChI=1S/C10H17NO3/c1-7(2)10(9(13)14)5-4-6-11(10)8(3)12/h7H,4-6H2,1-3H3,(H,13,14)/t10-/m0/s1. The van der Waals surface area contributed by atoms with Crippen molar-refractivity contribution in [3.8, 4) is 0 Å². The second-order valence-corrected chi connectivity index (χ2v) is 4.16. The monoisotopic (exact) mass is 199 g/mol. The lowest BCUT2D eigenvalue weighted by Crippen LogP contribution is -2.56. The summed E-state index contributed by atoms with van der Waals surface area (Å²) in [6, 6.07) is 0. The molecule has 14 heavy (non-hydrogen) atoms. The van der Waals surface area contributed by atoms with E-state index >= 15 is 0 Å². The van der Waals surface area contributed by atoms with Crippen LogP contribution in [0.5, 0.6) is 0 Å². The number of aliphatic carboxylic acids is 1. The second-order valence-electron chi connectivity index (χ2n) is 4.16. The second kappa shape index (κ2) is 3.59. The molecule has 1 rings (SSSR count). The first kappa shape index (κ1) is 11.0. The molecule has 0 unspecified atom stereocenters. The van der Waals surface area contributed by atoms with Crippen LogP contribution >= 0.6 is 0 Å². The maximum atomic E-state index is 11.3. The minimum absolute atomic E-state index is 0.0496. The lowest BCUT2D eigenvalue weighted by molar-refractivity contribution is -0.159. The number of carboxylic acid groups (broad SMARTS) is 1. The van der Waals surface area contributed by atoms with E-state index in [0.717, 1.165) is 6.42 Å². The van der Waals surface area contributed by atoms with E-state index in [1.807, 2.05) is 13.8 Å².